The molecule has 3 fully saturated rings. The number of aromatic nitrogens is 1. The summed E-state index contributed by atoms with van der Waals surface area (Å²) in [5, 5.41) is 0. The first-order valence-corrected chi connectivity index (χ1v) is 9.76. The average molecular weight is 330 g/mol. The molecule has 0 amide bonds. The number of ether oxygens (including phenoxy) is 2. The van der Waals surface area contributed by atoms with Crippen LogP contribution in [0.15, 0.2) is 24.5 Å². The topological polar surface area (TPSA) is 34.6 Å². The van der Waals surface area contributed by atoms with Crippen molar-refractivity contribution < 1.29 is 9.47 Å². The number of morpholine rings is 1. The SMILES string of the molecule is c1cc(CO[C@H]2CC[C@H]3[C@H]2OCCN3CC2CCCCC2)ccn1. The molecule has 0 spiro atoms. The Morgan fingerprint density at radius 3 is 2.75 bits per heavy atom. The van der Waals surface area contributed by atoms with E-state index in [0.717, 1.165) is 25.5 Å². The fourth-order valence-corrected chi connectivity index (χ4v) is 4.78. The van der Waals surface area contributed by atoms with Gasteiger partial charge in [0.05, 0.1) is 25.4 Å². The number of hydrogen-bond donors (Lipinski definition) is 0. The largest absolute Gasteiger partial charge is 0.373 e. The molecular formula is C20H30N2O2. The molecule has 3 aliphatic rings. The van der Waals surface area contributed by atoms with Gasteiger partial charge in [0.25, 0.3) is 0 Å². The fourth-order valence-electron chi connectivity index (χ4n) is 4.78. The molecule has 0 N–H and O–H groups in total. The Morgan fingerprint density at radius 2 is 1.92 bits per heavy atom. The molecule has 1 saturated heterocycles. The first-order valence-electron chi connectivity index (χ1n) is 9.76. The first kappa shape index (κ1) is 16.5. The Kier molecular flexibility index (Phi) is 5.46. The zero-order chi connectivity index (χ0) is 16.2. The van der Waals surface area contributed by atoms with Crippen molar-refractivity contribution in [2.24, 2.45) is 5.92 Å². The highest BCUT2D eigenvalue weighted by Gasteiger charge is 2.43. The summed E-state index contributed by atoms with van der Waals surface area (Å²) < 4.78 is 12.4. The van der Waals surface area contributed by atoms with Crippen LogP contribution in [0.3, 0.4) is 0 Å². The van der Waals surface area contributed by atoms with Crippen LogP contribution in [0.5, 0.6) is 0 Å². The van der Waals surface area contributed by atoms with Crippen LogP contribution in [0, 0.1) is 5.92 Å². The number of pyridine rings is 1. The molecule has 4 heteroatoms. The van der Waals surface area contributed by atoms with E-state index >= 15 is 0 Å². The minimum absolute atomic E-state index is 0.248. The van der Waals surface area contributed by atoms with Crippen molar-refractivity contribution in [2.45, 2.75) is 69.8 Å². The monoisotopic (exact) mass is 330 g/mol. The van der Waals surface area contributed by atoms with E-state index < -0.39 is 0 Å². The highest BCUT2D eigenvalue weighted by Crippen LogP contribution is 2.34. The highest BCUT2D eigenvalue weighted by molar-refractivity contribution is 5.08. The van der Waals surface area contributed by atoms with Gasteiger partial charge in [-0.1, -0.05) is 19.3 Å². The lowest BCUT2D eigenvalue weighted by molar-refractivity contribution is -0.119. The van der Waals surface area contributed by atoms with Gasteiger partial charge in [0, 0.05) is 31.5 Å². The van der Waals surface area contributed by atoms with Crippen LogP contribution < -0.4 is 0 Å². The molecule has 0 aromatic carbocycles. The summed E-state index contributed by atoms with van der Waals surface area (Å²) in [6.07, 6.45) is 13.7. The van der Waals surface area contributed by atoms with Gasteiger partial charge >= 0.3 is 0 Å². The molecule has 0 radical (unpaired) electrons. The molecule has 4 rings (SSSR count). The summed E-state index contributed by atoms with van der Waals surface area (Å²) in [5.74, 6) is 0.911. The normalized spacial score (nSPS) is 31.9. The number of nitrogens with zero attached hydrogens (tertiary/aromatic N) is 2. The van der Waals surface area contributed by atoms with Gasteiger partial charge in [-0.3, -0.25) is 9.88 Å². The Hall–Kier alpha value is -0.970. The van der Waals surface area contributed by atoms with Crippen molar-refractivity contribution in [3.05, 3.63) is 30.1 Å². The van der Waals surface area contributed by atoms with Gasteiger partial charge in [0.2, 0.25) is 0 Å². The average Bonchev–Trinajstić information content (AvgIpc) is 3.06. The molecule has 2 saturated carbocycles. The van der Waals surface area contributed by atoms with E-state index in [1.165, 1.54) is 50.6 Å². The van der Waals surface area contributed by atoms with E-state index in [1.807, 2.05) is 24.5 Å². The van der Waals surface area contributed by atoms with Crippen molar-refractivity contribution in [2.75, 3.05) is 19.7 Å². The van der Waals surface area contributed by atoms with Crippen molar-refractivity contribution in [3.63, 3.8) is 0 Å². The first-order chi connectivity index (χ1) is 11.9. The molecule has 0 bridgehead atoms. The minimum Gasteiger partial charge on any atom is -0.373 e. The lowest BCUT2D eigenvalue weighted by Crippen LogP contribution is -2.53. The summed E-state index contributed by atoms with van der Waals surface area (Å²) in [7, 11) is 0. The zero-order valence-corrected chi connectivity index (χ0v) is 14.6. The fraction of sp³-hybridized carbons (Fsp3) is 0.750. The van der Waals surface area contributed by atoms with Crippen LogP contribution in [0.25, 0.3) is 0 Å². The van der Waals surface area contributed by atoms with Crippen LogP contribution in [-0.2, 0) is 16.1 Å². The predicted octanol–water partition coefficient (Wildman–Crippen LogP) is 3.41. The van der Waals surface area contributed by atoms with Crippen molar-refractivity contribution in [1.29, 1.82) is 0 Å². The van der Waals surface area contributed by atoms with Gasteiger partial charge in [0.1, 0.15) is 0 Å². The molecule has 2 aliphatic carbocycles. The lowest BCUT2D eigenvalue weighted by Gasteiger charge is -2.41. The van der Waals surface area contributed by atoms with Crippen molar-refractivity contribution >= 4 is 0 Å². The van der Waals surface area contributed by atoms with Crippen LogP contribution in [-0.4, -0.2) is 47.8 Å². The van der Waals surface area contributed by atoms with Gasteiger partial charge in [-0.2, -0.15) is 0 Å². The predicted molar refractivity (Wildman–Crippen MR) is 93.7 cm³/mol. The summed E-state index contributed by atoms with van der Waals surface area (Å²) in [6, 6.07) is 4.63. The van der Waals surface area contributed by atoms with Gasteiger partial charge in [-0.15, -0.1) is 0 Å². The standard InChI is InChI=1S/C20H30N2O2/c1-2-4-16(5-3-1)14-22-12-13-23-20-18(22)6-7-19(20)24-15-17-8-10-21-11-9-17/h8-11,16,18-20H,1-7,12-15H2/t18-,19-,20+/m0/s1. The smallest absolute Gasteiger partial charge is 0.0992 e. The van der Waals surface area contributed by atoms with E-state index in [-0.39, 0.29) is 12.2 Å². The van der Waals surface area contributed by atoms with E-state index in [2.05, 4.69) is 9.88 Å². The van der Waals surface area contributed by atoms with Crippen molar-refractivity contribution in [3.8, 4) is 0 Å². The summed E-state index contributed by atoms with van der Waals surface area (Å²) in [5.41, 5.74) is 1.20. The van der Waals surface area contributed by atoms with E-state index in [9.17, 15) is 0 Å². The summed E-state index contributed by atoms with van der Waals surface area (Å²) in [6.45, 7) is 3.92. The molecule has 1 aromatic rings. The summed E-state index contributed by atoms with van der Waals surface area (Å²) in [4.78, 5) is 6.79. The molecule has 2 heterocycles. The van der Waals surface area contributed by atoms with Gasteiger partial charge in [-0.05, 0) is 49.3 Å². The van der Waals surface area contributed by atoms with Gasteiger partial charge < -0.3 is 9.47 Å². The molecule has 24 heavy (non-hydrogen) atoms. The Balaban J connectivity index is 1.32. The number of fused-ring (bicyclic) bond motifs is 1. The maximum atomic E-state index is 6.22. The highest BCUT2D eigenvalue weighted by atomic mass is 16.5. The molecule has 1 aromatic heterocycles. The van der Waals surface area contributed by atoms with Crippen molar-refractivity contribution in [1.82, 2.24) is 9.88 Å². The lowest BCUT2D eigenvalue weighted by atomic mass is 9.88. The molecule has 0 unspecified atom stereocenters. The van der Waals surface area contributed by atoms with Crippen LogP contribution >= 0.6 is 0 Å². The Bertz CT molecular complexity index is 504. The van der Waals surface area contributed by atoms with Crippen LogP contribution in [0.4, 0.5) is 0 Å². The second kappa shape index (κ2) is 7.94. The third kappa shape index (κ3) is 3.81. The third-order valence-electron chi connectivity index (χ3n) is 6.08. The molecule has 4 nitrogen and oxygen atoms in total. The van der Waals surface area contributed by atoms with Crippen LogP contribution in [0.2, 0.25) is 0 Å². The Labute approximate surface area is 145 Å². The van der Waals surface area contributed by atoms with Crippen LogP contribution in [0.1, 0.15) is 50.5 Å². The second-order valence-corrected chi connectivity index (χ2v) is 7.68. The minimum atomic E-state index is 0.248. The molecule has 1 aliphatic heterocycles. The van der Waals surface area contributed by atoms with E-state index in [4.69, 9.17) is 9.47 Å². The Morgan fingerprint density at radius 1 is 1.08 bits per heavy atom. The van der Waals surface area contributed by atoms with E-state index in [0.29, 0.717) is 12.6 Å². The van der Waals surface area contributed by atoms with E-state index in [1.54, 1.807) is 0 Å². The second-order valence-electron chi connectivity index (χ2n) is 7.68. The maximum absolute atomic E-state index is 6.22. The number of hydrogen-bond acceptors (Lipinski definition) is 4. The molecule has 3 atom stereocenters. The van der Waals surface area contributed by atoms with Gasteiger partial charge in [0.15, 0.2) is 0 Å². The maximum Gasteiger partial charge on any atom is 0.0992 e. The zero-order valence-electron chi connectivity index (χ0n) is 14.6. The molecule has 132 valence electrons. The quantitative estimate of drug-likeness (QED) is 0.829. The molecular weight excluding hydrogens is 300 g/mol. The third-order valence-corrected chi connectivity index (χ3v) is 6.08. The summed E-state index contributed by atoms with van der Waals surface area (Å²) >= 11 is 0. The van der Waals surface area contributed by atoms with Gasteiger partial charge in [-0.25, -0.2) is 0 Å². The number of rotatable bonds is 5.